The highest BCUT2D eigenvalue weighted by molar-refractivity contribution is 5.93. The first-order chi connectivity index (χ1) is 12.8. The molecule has 1 aliphatic carbocycles. The summed E-state index contributed by atoms with van der Waals surface area (Å²) in [5.74, 6) is -1.87. The molecule has 27 heavy (non-hydrogen) atoms. The highest BCUT2D eigenvalue weighted by atomic mass is 16.6. The third-order valence-corrected chi connectivity index (χ3v) is 3.60. The van der Waals surface area contributed by atoms with E-state index in [9.17, 15) is 24.5 Å². The summed E-state index contributed by atoms with van der Waals surface area (Å²) in [6.45, 7) is 2.74. The van der Waals surface area contributed by atoms with Crippen molar-refractivity contribution >= 4 is 29.2 Å². The summed E-state index contributed by atoms with van der Waals surface area (Å²) in [6.07, 6.45) is 1.90. The molecule has 1 aromatic rings. The van der Waals surface area contributed by atoms with Gasteiger partial charge in [-0.25, -0.2) is 4.79 Å². The van der Waals surface area contributed by atoms with Gasteiger partial charge in [0.05, 0.1) is 17.0 Å². The molecule has 0 aliphatic heterocycles. The second-order valence-corrected chi connectivity index (χ2v) is 6.48. The Bertz CT molecular complexity index is 745. The van der Waals surface area contributed by atoms with Crippen LogP contribution in [0.1, 0.15) is 37.0 Å². The first kappa shape index (κ1) is 20.1. The van der Waals surface area contributed by atoms with Crippen LogP contribution in [-0.2, 0) is 14.3 Å². The van der Waals surface area contributed by atoms with Crippen molar-refractivity contribution < 1.29 is 24.0 Å². The molecular formula is C17H22N4O6. The summed E-state index contributed by atoms with van der Waals surface area (Å²) in [6, 6.07) is 4.12. The highest BCUT2D eigenvalue weighted by Gasteiger charge is 2.26. The van der Waals surface area contributed by atoms with Gasteiger partial charge in [-0.3, -0.25) is 19.7 Å². The van der Waals surface area contributed by atoms with Crippen LogP contribution in [0, 0.1) is 10.1 Å². The van der Waals surface area contributed by atoms with Crippen LogP contribution in [0.2, 0.25) is 0 Å². The lowest BCUT2D eigenvalue weighted by Gasteiger charge is -2.10. The second-order valence-electron chi connectivity index (χ2n) is 6.48. The number of amides is 2. The van der Waals surface area contributed by atoms with Crippen molar-refractivity contribution in [1.29, 1.82) is 0 Å². The normalized spacial score (nSPS) is 13.0. The van der Waals surface area contributed by atoms with Gasteiger partial charge in [0.1, 0.15) is 5.69 Å². The molecule has 0 heterocycles. The smallest absolute Gasteiger partial charge is 0.338 e. The number of anilines is 1. The predicted octanol–water partition coefficient (Wildman–Crippen LogP) is 0.967. The zero-order chi connectivity index (χ0) is 20.0. The Kier molecular flexibility index (Phi) is 6.69. The molecule has 0 saturated heterocycles. The number of nitro benzene ring substituents is 1. The summed E-state index contributed by atoms with van der Waals surface area (Å²) in [7, 11) is 0. The Hall–Kier alpha value is -3.17. The second kappa shape index (κ2) is 8.97. The van der Waals surface area contributed by atoms with E-state index in [1.807, 2.05) is 0 Å². The number of rotatable bonds is 9. The van der Waals surface area contributed by atoms with E-state index >= 15 is 0 Å². The van der Waals surface area contributed by atoms with E-state index in [-0.39, 0.29) is 35.8 Å². The van der Waals surface area contributed by atoms with Crippen molar-refractivity contribution in [3.8, 4) is 0 Å². The average Bonchev–Trinajstić information content (AvgIpc) is 3.41. The molecule has 0 bridgehead atoms. The van der Waals surface area contributed by atoms with Gasteiger partial charge in [0.25, 0.3) is 11.6 Å². The first-order valence-corrected chi connectivity index (χ1v) is 8.54. The molecule has 10 nitrogen and oxygen atoms in total. The Morgan fingerprint density at radius 2 is 1.96 bits per heavy atom. The molecule has 146 valence electrons. The van der Waals surface area contributed by atoms with Crippen LogP contribution in [0.3, 0.4) is 0 Å². The molecule has 1 aliphatic rings. The van der Waals surface area contributed by atoms with Crippen molar-refractivity contribution in [2.45, 2.75) is 38.8 Å². The number of nitrogens with zero attached hydrogens (tertiary/aromatic N) is 1. The Balaban J connectivity index is 1.87. The number of hydrogen-bond donors (Lipinski definition) is 3. The molecule has 2 amide bonds. The van der Waals surface area contributed by atoms with Crippen LogP contribution < -0.4 is 16.0 Å². The molecule has 2 rings (SSSR count). The van der Waals surface area contributed by atoms with Crippen molar-refractivity contribution in [2.75, 3.05) is 18.5 Å². The van der Waals surface area contributed by atoms with Crippen LogP contribution in [0.5, 0.6) is 0 Å². The Morgan fingerprint density at radius 1 is 1.26 bits per heavy atom. The average molecular weight is 378 g/mol. The number of benzene rings is 1. The molecule has 0 atom stereocenters. The van der Waals surface area contributed by atoms with Crippen molar-refractivity contribution in [1.82, 2.24) is 10.6 Å². The lowest BCUT2D eigenvalue weighted by Crippen LogP contribution is -2.41. The molecular weight excluding hydrogens is 356 g/mol. The summed E-state index contributed by atoms with van der Waals surface area (Å²) in [5.41, 5.74) is 0.0764. The maximum Gasteiger partial charge on any atom is 0.338 e. The third kappa shape index (κ3) is 6.57. The van der Waals surface area contributed by atoms with E-state index in [0.29, 0.717) is 5.69 Å². The number of carbonyl (C=O) groups excluding carboxylic acids is 3. The quantitative estimate of drug-likeness (QED) is 0.330. The molecule has 0 spiro atoms. The SMILES string of the molecule is CC(C)NC(=O)CNC(=O)COC(=O)c1ccc(NC2CC2)c([N+](=O)[O-])c1. The fourth-order valence-electron chi connectivity index (χ4n) is 2.20. The van der Waals surface area contributed by atoms with Crippen LogP contribution in [0.4, 0.5) is 11.4 Å². The van der Waals surface area contributed by atoms with Crippen molar-refractivity contribution in [3.63, 3.8) is 0 Å². The number of nitro groups is 1. The Morgan fingerprint density at radius 3 is 2.56 bits per heavy atom. The van der Waals surface area contributed by atoms with E-state index in [1.54, 1.807) is 13.8 Å². The largest absolute Gasteiger partial charge is 0.452 e. The van der Waals surface area contributed by atoms with Crippen LogP contribution >= 0.6 is 0 Å². The van der Waals surface area contributed by atoms with Crippen LogP contribution in [0.25, 0.3) is 0 Å². The number of nitrogens with one attached hydrogen (secondary N) is 3. The van der Waals surface area contributed by atoms with Crippen LogP contribution in [-0.4, -0.2) is 47.9 Å². The van der Waals surface area contributed by atoms with Gasteiger partial charge in [-0.1, -0.05) is 0 Å². The summed E-state index contributed by atoms with van der Waals surface area (Å²) in [4.78, 5) is 45.7. The van der Waals surface area contributed by atoms with Gasteiger partial charge in [0.2, 0.25) is 5.91 Å². The van der Waals surface area contributed by atoms with Gasteiger partial charge in [-0.05, 0) is 38.8 Å². The molecule has 3 N–H and O–H groups in total. The van der Waals surface area contributed by atoms with Gasteiger partial charge >= 0.3 is 5.97 Å². The monoisotopic (exact) mass is 378 g/mol. The Labute approximate surface area is 155 Å². The lowest BCUT2D eigenvalue weighted by molar-refractivity contribution is -0.384. The van der Waals surface area contributed by atoms with E-state index in [0.717, 1.165) is 18.9 Å². The van der Waals surface area contributed by atoms with Gasteiger partial charge < -0.3 is 20.7 Å². The first-order valence-electron chi connectivity index (χ1n) is 8.54. The molecule has 0 unspecified atom stereocenters. The van der Waals surface area contributed by atoms with Gasteiger partial charge in [0.15, 0.2) is 6.61 Å². The highest BCUT2D eigenvalue weighted by Crippen LogP contribution is 2.31. The lowest BCUT2D eigenvalue weighted by atomic mass is 10.1. The molecule has 1 fully saturated rings. The fraction of sp³-hybridized carbons (Fsp3) is 0.471. The van der Waals surface area contributed by atoms with Crippen LogP contribution in [0.15, 0.2) is 18.2 Å². The third-order valence-electron chi connectivity index (χ3n) is 3.60. The van der Waals surface area contributed by atoms with Crippen molar-refractivity contribution in [3.05, 3.63) is 33.9 Å². The van der Waals surface area contributed by atoms with E-state index in [2.05, 4.69) is 16.0 Å². The minimum Gasteiger partial charge on any atom is -0.452 e. The number of hydrogen-bond acceptors (Lipinski definition) is 7. The number of esters is 1. The zero-order valence-electron chi connectivity index (χ0n) is 15.1. The minimum atomic E-state index is -0.863. The topological polar surface area (TPSA) is 140 Å². The maximum absolute atomic E-state index is 12.0. The fourth-order valence-corrected chi connectivity index (χ4v) is 2.20. The molecule has 1 aromatic carbocycles. The number of carbonyl (C=O) groups is 3. The maximum atomic E-state index is 12.0. The molecule has 10 heteroatoms. The standard InChI is InChI=1S/C17H22N4O6/c1-10(2)19-15(22)8-18-16(23)9-27-17(24)11-3-6-13(20-12-4-5-12)14(7-11)21(25)26/h3,6-7,10,12,20H,4-5,8-9H2,1-2H3,(H,18,23)(H,19,22). The molecule has 0 aromatic heterocycles. The minimum absolute atomic E-state index is 0.0339. The van der Waals surface area contributed by atoms with E-state index < -0.39 is 23.4 Å². The van der Waals surface area contributed by atoms with E-state index in [1.165, 1.54) is 12.1 Å². The molecule has 0 radical (unpaired) electrons. The number of ether oxygens (including phenoxy) is 1. The van der Waals surface area contributed by atoms with Gasteiger partial charge in [-0.2, -0.15) is 0 Å². The summed E-state index contributed by atoms with van der Waals surface area (Å²) >= 11 is 0. The van der Waals surface area contributed by atoms with E-state index in [4.69, 9.17) is 4.74 Å². The predicted molar refractivity (Wildman–Crippen MR) is 96.3 cm³/mol. The summed E-state index contributed by atoms with van der Waals surface area (Å²) in [5, 5.41) is 19.1. The molecule has 1 saturated carbocycles. The van der Waals surface area contributed by atoms with Gasteiger partial charge in [-0.15, -0.1) is 0 Å². The van der Waals surface area contributed by atoms with Crippen molar-refractivity contribution in [2.24, 2.45) is 0 Å². The summed E-state index contributed by atoms with van der Waals surface area (Å²) < 4.78 is 4.85. The van der Waals surface area contributed by atoms with Gasteiger partial charge in [0, 0.05) is 18.2 Å². The zero-order valence-corrected chi connectivity index (χ0v) is 15.1.